The van der Waals surface area contributed by atoms with E-state index in [-0.39, 0.29) is 5.82 Å². The molecule has 0 spiro atoms. The van der Waals surface area contributed by atoms with Gasteiger partial charge in [0.25, 0.3) is 0 Å². The van der Waals surface area contributed by atoms with Crippen LogP contribution in [0, 0.1) is 0 Å². The summed E-state index contributed by atoms with van der Waals surface area (Å²) in [5.41, 5.74) is 9.88. The molecule has 0 saturated carbocycles. The van der Waals surface area contributed by atoms with Gasteiger partial charge in [0.1, 0.15) is 11.5 Å². The molecule has 108 valence electrons. The molecule has 3 heterocycles. The molecule has 0 amide bonds. The van der Waals surface area contributed by atoms with Crippen LogP contribution < -0.4 is 5.73 Å². The number of nitrogens with one attached hydrogen (secondary N) is 1. The normalized spacial score (nSPS) is 11.5. The number of rotatable bonds is 4. The number of nitrogens with two attached hydrogens (primary N) is 1. The molecule has 0 unspecified atom stereocenters. The third-order valence-corrected chi connectivity index (χ3v) is 3.26. The first-order chi connectivity index (χ1) is 10.7. The lowest BCUT2D eigenvalue weighted by Crippen LogP contribution is -2.00. The van der Waals surface area contributed by atoms with Gasteiger partial charge in [0.2, 0.25) is 0 Å². The van der Waals surface area contributed by atoms with Crippen molar-refractivity contribution in [3.63, 3.8) is 0 Å². The molecule has 0 saturated heterocycles. The van der Waals surface area contributed by atoms with Gasteiger partial charge in [-0.05, 0) is 18.2 Å². The Morgan fingerprint density at radius 3 is 2.86 bits per heavy atom. The minimum Gasteiger partial charge on any atom is -0.384 e. The fraction of sp³-hybridized carbons (Fsp3) is 0. The predicted octanol–water partition coefficient (Wildman–Crippen LogP) is 3.03. The molecule has 3 aromatic heterocycles. The minimum absolute atomic E-state index is 0.237. The zero-order chi connectivity index (χ0) is 15.5. The summed E-state index contributed by atoms with van der Waals surface area (Å²) in [5.74, 6) is 0.237. The van der Waals surface area contributed by atoms with Gasteiger partial charge in [0.15, 0.2) is 0 Å². The van der Waals surface area contributed by atoms with Gasteiger partial charge in [-0.1, -0.05) is 19.2 Å². The van der Waals surface area contributed by atoms with Crippen LogP contribution in [0.1, 0.15) is 5.56 Å². The van der Waals surface area contributed by atoms with Gasteiger partial charge < -0.3 is 10.7 Å². The quantitative estimate of drug-likeness (QED) is 0.724. The van der Waals surface area contributed by atoms with E-state index in [9.17, 15) is 0 Å². The van der Waals surface area contributed by atoms with Crippen molar-refractivity contribution in [3.05, 3.63) is 73.6 Å². The van der Waals surface area contributed by atoms with E-state index in [2.05, 4.69) is 33.1 Å². The van der Waals surface area contributed by atoms with E-state index in [1.807, 2.05) is 30.6 Å². The third kappa shape index (κ3) is 2.52. The van der Waals surface area contributed by atoms with E-state index in [0.717, 1.165) is 27.7 Å². The van der Waals surface area contributed by atoms with Crippen molar-refractivity contribution in [2.45, 2.75) is 0 Å². The Morgan fingerprint density at radius 1 is 1.32 bits per heavy atom. The molecule has 0 atom stereocenters. The summed E-state index contributed by atoms with van der Waals surface area (Å²) in [5, 5.41) is 0.946. The lowest BCUT2D eigenvalue weighted by atomic mass is 10.1. The van der Waals surface area contributed by atoms with Gasteiger partial charge >= 0.3 is 0 Å². The Labute approximate surface area is 127 Å². The highest BCUT2D eigenvalue weighted by Crippen LogP contribution is 2.24. The second kappa shape index (κ2) is 5.65. The Balaban J connectivity index is 2.17. The summed E-state index contributed by atoms with van der Waals surface area (Å²) >= 11 is 0. The van der Waals surface area contributed by atoms with E-state index in [1.54, 1.807) is 18.5 Å². The number of hydrogen-bond acceptors (Lipinski definition) is 4. The maximum Gasteiger partial charge on any atom is 0.137 e. The number of pyridine rings is 2. The van der Waals surface area contributed by atoms with Gasteiger partial charge in [-0.15, -0.1) is 0 Å². The standard InChI is InChI=1S/C17H15N5/c1-3-16(22-11(2)18)15-10-21-17-14(15)7-13(9-20-17)12-5-4-6-19-8-12/h3-10H,1-2,18H2,(H,20,21). The number of aromatic amines is 1. The molecule has 22 heavy (non-hydrogen) atoms. The Bertz CT molecular complexity index is 874. The lowest BCUT2D eigenvalue weighted by Gasteiger charge is -2.03. The molecule has 0 aliphatic heterocycles. The zero-order valence-electron chi connectivity index (χ0n) is 12.0. The molecular weight excluding hydrogens is 274 g/mol. The van der Waals surface area contributed by atoms with Crippen LogP contribution >= 0.6 is 0 Å². The molecule has 0 aliphatic carbocycles. The predicted molar refractivity (Wildman–Crippen MR) is 89.4 cm³/mol. The molecule has 0 bridgehead atoms. The van der Waals surface area contributed by atoms with Gasteiger partial charge in [0, 0.05) is 46.9 Å². The number of H-pyrrole nitrogens is 1. The van der Waals surface area contributed by atoms with Crippen LogP contribution in [0.4, 0.5) is 0 Å². The molecule has 5 heteroatoms. The van der Waals surface area contributed by atoms with Crippen LogP contribution in [0.5, 0.6) is 0 Å². The Hall–Kier alpha value is -3.21. The van der Waals surface area contributed by atoms with Crippen molar-refractivity contribution in [1.29, 1.82) is 0 Å². The second-order valence-corrected chi connectivity index (χ2v) is 4.76. The molecule has 5 nitrogen and oxygen atoms in total. The van der Waals surface area contributed by atoms with Gasteiger partial charge in [-0.3, -0.25) is 4.98 Å². The van der Waals surface area contributed by atoms with Crippen molar-refractivity contribution in [1.82, 2.24) is 15.0 Å². The zero-order valence-corrected chi connectivity index (χ0v) is 12.0. The highest BCUT2D eigenvalue weighted by Gasteiger charge is 2.10. The molecule has 3 rings (SSSR count). The van der Waals surface area contributed by atoms with Gasteiger partial charge in [-0.2, -0.15) is 0 Å². The molecule has 0 radical (unpaired) electrons. The molecular formula is C17H15N5. The number of allylic oxidation sites excluding steroid dienone is 1. The Morgan fingerprint density at radius 2 is 2.18 bits per heavy atom. The largest absolute Gasteiger partial charge is 0.384 e. The molecule has 0 aromatic carbocycles. The number of fused-ring (bicyclic) bond motifs is 1. The first-order valence-corrected chi connectivity index (χ1v) is 6.72. The van der Waals surface area contributed by atoms with Crippen molar-refractivity contribution in [2.24, 2.45) is 10.7 Å². The van der Waals surface area contributed by atoms with Crippen LogP contribution in [-0.2, 0) is 0 Å². The van der Waals surface area contributed by atoms with Crippen molar-refractivity contribution in [3.8, 4) is 11.1 Å². The van der Waals surface area contributed by atoms with Crippen LogP contribution in [0.25, 0.3) is 22.2 Å². The van der Waals surface area contributed by atoms with Crippen LogP contribution in [0.2, 0.25) is 0 Å². The number of hydrogen-bond donors (Lipinski definition) is 2. The van der Waals surface area contributed by atoms with Crippen LogP contribution in [0.15, 0.2) is 73.0 Å². The summed E-state index contributed by atoms with van der Waals surface area (Å²) in [7, 11) is 0. The van der Waals surface area contributed by atoms with E-state index >= 15 is 0 Å². The Kier molecular flexibility index (Phi) is 3.53. The third-order valence-electron chi connectivity index (χ3n) is 3.26. The summed E-state index contributed by atoms with van der Waals surface area (Å²) < 4.78 is 0. The smallest absolute Gasteiger partial charge is 0.137 e. The molecule has 0 aliphatic rings. The average Bonchev–Trinajstić information content (AvgIpc) is 2.96. The first-order valence-electron chi connectivity index (χ1n) is 6.72. The van der Waals surface area contributed by atoms with Crippen molar-refractivity contribution in [2.75, 3.05) is 0 Å². The molecule has 3 aromatic rings. The topological polar surface area (TPSA) is 80.0 Å². The van der Waals surface area contributed by atoms with Gasteiger partial charge in [0.05, 0.1) is 5.71 Å². The SMILES string of the molecule is C=CC(=NC(=C)N)c1c[nH]c2ncc(-c3cccnc3)cc12. The van der Waals surface area contributed by atoms with E-state index in [1.165, 1.54) is 0 Å². The number of aliphatic imine (C=N–C) groups is 1. The van der Waals surface area contributed by atoms with E-state index in [4.69, 9.17) is 5.73 Å². The maximum absolute atomic E-state index is 5.58. The summed E-state index contributed by atoms with van der Waals surface area (Å²) in [4.78, 5) is 15.9. The fourth-order valence-electron chi connectivity index (χ4n) is 2.28. The lowest BCUT2D eigenvalue weighted by molar-refractivity contribution is 1.26. The highest BCUT2D eigenvalue weighted by molar-refractivity contribution is 6.16. The van der Waals surface area contributed by atoms with Crippen LogP contribution in [-0.4, -0.2) is 20.7 Å². The average molecular weight is 289 g/mol. The van der Waals surface area contributed by atoms with Crippen LogP contribution in [0.3, 0.4) is 0 Å². The fourth-order valence-corrected chi connectivity index (χ4v) is 2.28. The van der Waals surface area contributed by atoms with Gasteiger partial charge in [-0.25, -0.2) is 9.98 Å². The second-order valence-electron chi connectivity index (χ2n) is 4.76. The van der Waals surface area contributed by atoms with E-state index < -0.39 is 0 Å². The monoisotopic (exact) mass is 289 g/mol. The first kappa shape index (κ1) is 13.8. The summed E-state index contributed by atoms with van der Waals surface area (Å²) in [6.07, 6.45) is 8.85. The highest BCUT2D eigenvalue weighted by atomic mass is 14.9. The minimum atomic E-state index is 0.237. The van der Waals surface area contributed by atoms with Crippen molar-refractivity contribution >= 4 is 16.7 Å². The maximum atomic E-state index is 5.58. The molecule has 3 N–H and O–H groups in total. The van der Waals surface area contributed by atoms with Crippen molar-refractivity contribution < 1.29 is 0 Å². The summed E-state index contributed by atoms with van der Waals surface area (Å²) in [6.45, 7) is 7.39. The number of nitrogens with zero attached hydrogens (tertiary/aromatic N) is 3. The summed E-state index contributed by atoms with van der Waals surface area (Å²) in [6, 6.07) is 5.93. The molecule has 0 fully saturated rings. The van der Waals surface area contributed by atoms with E-state index in [0.29, 0.717) is 5.71 Å². The number of aromatic nitrogens is 3.